The molecule has 8 heteroatoms. The number of thiazole rings is 1. The van der Waals surface area contributed by atoms with E-state index in [1.165, 1.54) is 23.5 Å². The Morgan fingerprint density at radius 3 is 2.88 bits per heavy atom. The summed E-state index contributed by atoms with van der Waals surface area (Å²) in [6.45, 7) is 1.82. The van der Waals surface area contributed by atoms with E-state index in [1.54, 1.807) is 41.1 Å². The minimum Gasteiger partial charge on any atom is -0.306 e. The van der Waals surface area contributed by atoms with Crippen LogP contribution in [0.25, 0.3) is 15.3 Å². The van der Waals surface area contributed by atoms with Crippen LogP contribution in [0.15, 0.2) is 48.5 Å². The van der Waals surface area contributed by atoms with Crippen LogP contribution in [0.2, 0.25) is 5.02 Å². The molecule has 5 nitrogen and oxygen atoms in total. The van der Waals surface area contributed by atoms with Crippen molar-refractivity contribution < 1.29 is 9.18 Å². The number of nitrogens with one attached hydrogen (secondary N) is 1. The summed E-state index contributed by atoms with van der Waals surface area (Å²) in [5.74, 6) is -0.147. The average Bonchev–Trinajstić information content (AvgIpc) is 3.17. The van der Waals surface area contributed by atoms with Crippen molar-refractivity contribution in [1.29, 1.82) is 0 Å². The largest absolute Gasteiger partial charge is 0.306 e. The Kier molecular flexibility index (Phi) is 4.18. The summed E-state index contributed by atoms with van der Waals surface area (Å²) >= 11 is 7.24. The van der Waals surface area contributed by atoms with Crippen LogP contribution >= 0.6 is 22.9 Å². The van der Waals surface area contributed by atoms with Crippen molar-refractivity contribution in [2.24, 2.45) is 0 Å². The fraction of sp³-hybridized carbons (Fsp3) is 0.0556. The second kappa shape index (κ2) is 6.51. The molecule has 0 saturated heterocycles. The Labute approximate surface area is 157 Å². The molecule has 26 heavy (non-hydrogen) atoms. The molecule has 2 aromatic heterocycles. The van der Waals surface area contributed by atoms with E-state index < -0.39 is 0 Å². The molecule has 2 heterocycles. The Bertz CT molecular complexity index is 1140. The van der Waals surface area contributed by atoms with Crippen molar-refractivity contribution in [1.82, 2.24) is 14.8 Å². The Hall–Kier alpha value is -2.77. The summed E-state index contributed by atoms with van der Waals surface area (Å²) in [7, 11) is 0. The first-order chi connectivity index (χ1) is 12.5. The molecule has 0 fully saturated rings. The van der Waals surface area contributed by atoms with Gasteiger partial charge in [0, 0.05) is 16.7 Å². The lowest BCUT2D eigenvalue weighted by molar-refractivity contribution is 0.102. The highest BCUT2D eigenvalue weighted by Gasteiger charge is 2.16. The van der Waals surface area contributed by atoms with Crippen molar-refractivity contribution in [3.05, 3.63) is 70.6 Å². The number of carbonyl (C=O) groups is 1. The van der Waals surface area contributed by atoms with Crippen LogP contribution in [0, 0.1) is 12.7 Å². The van der Waals surface area contributed by atoms with Gasteiger partial charge < -0.3 is 5.32 Å². The predicted octanol–water partition coefficient (Wildman–Crippen LogP) is 4.84. The SMILES string of the molecule is Cc1cc(NC(=O)c2cccc(Cl)c2)n(-c2nc3ccc(F)cc3s2)n1. The van der Waals surface area contributed by atoms with Gasteiger partial charge in [-0.2, -0.15) is 9.78 Å². The number of benzene rings is 2. The molecule has 0 unspecified atom stereocenters. The molecule has 1 N–H and O–H groups in total. The van der Waals surface area contributed by atoms with Gasteiger partial charge in [-0.05, 0) is 43.3 Å². The Morgan fingerprint density at radius 2 is 2.08 bits per heavy atom. The minimum absolute atomic E-state index is 0.305. The molecule has 0 bridgehead atoms. The maximum absolute atomic E-state index is 13.4. The molecule has 0 spiro atoms. The smallest absolute Gasteiger partial charge is 0.256 e. The van der Waals surface area contributed by atoms with Crippen molar-refractivity contribution >= 4 is 44.9 Å². The summed E-state index contributed by atoms with van der Waals surface area (Å²) in [6, 6.07) is 12.8. The normalized spacial score (nSPS) is 11.0. The van der Waals surface area contributed by atoms with Crippen molar-refractivity contribution in [2.45, 2.75) is 6.92 Å². The van der Waals surface area contributed by atoms with Gasteiger partial charge in [0.05, 0.1) is 15.9 Å². The van der Waals surface area contributed by atoms with Crippen LogP contribution < -0.4 is 5.32 Å². The van der Waals surface area contributed by atoms with Crippen LogP contribution in [0.1, 0.15) is 16.1 Å². The molecule has 4 aromatic rings. The second-order valence-corrected chi connectivity index (χ2v) is 7.10. The quantitative estimate of drug-likeness (QED) is 0.548. The van der Waals surface area contributed by atoms with Gasteiger partial charge >= 0.3 is 0 Å². The molecular formula is C18H12ClFN4OS. The Balaban J connectivity index is 1.71. The van der Waals surface area contributed by atoms with E-state index >= 15 is 0 Å². The number of anilines is 1. The van der Waals surface area contributed by atoms with Crippen molar-refractivity contribution in [2.75, 3.05) is 5.32 Å². The van der Waals surface area contributed by atoms with Gasteiger partial charge in [-0.15, -0.1) is 0 Å². The van der Waals surface area contributed by atoms with E-state index in [0.29, 0.717) is 31.8 Å². The zero-order valence-electron chi connectivity index (χ0n) is 13.5. The molecule has 0 atom stereocenters. The summed E-state index contributed by atoms with van der Waals surface area (Å²) in [6.07, 6.45) is 0. The first kappa shape index (κ1) is 16.7. The molecule has 0 aliphatic heterocycles. The lowest BCUT2D eigenvalue weighted by Crippen LogP contribution is -2.15. The fourth-order valence-electron chi connectivity index (χ4n) is 2.53. The number of hydrogen-bond acceptors (Lipinski definition) is 4. The lowest BCUT2D eigenvalue weighted by atomic mass is 10.2. The number of carbonyl (C=O) groups excluding carboxylic acids is 1. The molecule has 0 aliphatic carbocycles. The molecule has 2 aromatic carbocycles. The number of aryl methyl sites for hydroxylation is 1. The van der Waals surface area contributed by atoms with Gasteiger partial charge in [0.25, 0.3) is 5.91 Å². The topological polar surface area (TPSA) is 59.8 Å². The standard InChI is InChI=1S/C18H12ClFN4OS/c1-10-7-16(22-17(25)11-3-2-4-12(19)8-11)24(23-10)18-21-14-6-5-13(20)9-15(14)26-18/h2-9H,1H3,(H,22,25). The van der Waals surface area contributed by atoms with Gasteiger partial charge in [-0.1, -0.05) is 29.0 Å². The van der Waals surface area contributed by atoms with Gasteiger partial charge in [0.1, 0.15) is 11.6 Å². The van der Waals surface area contributed by atoms with Gasteiger partial charge in [-0.3, -0.25) is 4.79 Å². The van der Waals surface area contributed by atoms with E-state index in [2.05, 4.69) is 15.4 Å². The molecule has 0 aliphatic rings. The molecule has 0 saturated carbocycles. The zero-order valence-corrected chi connectivity index (χ0v) is 15.1. The van der Waals surface area contributed by atoms with Crippen LogP contribution in [0.4, 0.5) is 10.2 Å². The first-order valence-corrected chi connectivity index (χ1v) is 8.89. The number of fused-ring (bicyclic) bond motifs is 1. The van der Waals surface area contributed by atoms with Crippen LogP contribution in [0.3, 0.4) is 0 Å². The number of amides is 1. The molecule has 4 rings (SSSR count). The summed E-state index contributed by atoms with van der Waals surface area (Å²) < 4.78 is 15.7. The van der Waals surface area contributed by atoms with Gasteiger partial charge in [-0.25, -0.2) is 9.37 Å². The van der Waals surface area contributed by atoms with E-state index in [-0.39, 0.29) is 11.7 Å². The number of rotatable bonds is 3. The number of nitrogens with zero attached hydrogens (tertiary/aromatic N) is 3. The third-order valence-electron chi connectivity index (χ3n) is 3.68. The summed E-state index contributed by atoms with van der Waals surface area (Å²) in [4.78, 5) is 17.0. The third kappa shape index (κ3) is 3.18. The second-order valence-electron chi connectivity index (χ2n) is 5.66. The minimum atomic E-state index is -0.321. The third-order valence-corrected chi connectivity index (χ3v) is 4.91. The molecule has 0 radical (unpaired) electrons. The number of halogens is 2. The van der Waals surface area contributed by atoms with Crippen LogP contribution in [-0.2, 0) is 0 Å². The lowest BCUT2D eigenvalue weighted by Gasteiger charge is -2.06. The highest BCUT2D eigenvalue weighted by molar-refractivity contribution is 7.20. The highest BCUT2D eigenvalue weighted by atomic mass is 35.5. The maximum Gasteiger partial charge on any atom is 0.256 e. The first-order valence-electron chi connectivity index (χ1n) is 7.70. The Morgan fingerprint density at radius 1 is 1.23 bits per heavy atom. The predicted molar refractivity (Wildman–Crippen MR) is 101 cm³/mol. The molecular weight excluding hydrogens is 375 g/mol. The van der Waals surface area contributed by atoms with E-state index in [1.807, 2.05) is 6.92 Å². The van der Waals surface area contributed by atoms with E-state index in [4.69, 9.17) is 11.6 Å². The molecule has 1 amide bonds. The monoisotopic (exact) mass is 386 g/mol. The highest BCUT2D eigenvalue weighted by Crippen LogP contribution is 2.28. The zero-order chi connectivity index (χ0) is 18.3. The van der Waals surface area contributed by atoms with Crippen LogP contribution in [0.5, 0.6) is 0 Å². The van der Waals surface area contributed by atoms with E-state index in [0.717, 1.165) is 5.69 Å². The molecule has 130 valence electrons. The van der Waals surface area contributed by atoms with Gasteiger partial charge in [0.15, 0.2) is 0 Å². The van der Waals surface area contributed by atoms with E-state index in [9.17, 15) is 9.18 Å². The maximum atomic E-state index is 13.4. The van der Waals surface area contributed by atoms with Crippen molar-refractivity contribution in [3.8, 4) is 5.13 Å². The number of hydrogen-bond donors (Lipinski definition) is 1. The summed E-state index contributed by atoms with van der Waals surface area (Å²) in [5, 5.41) is 8.24. The van der Waals surface area contributed by atoms with Gasteiger partial charge in [0.2, 0.25) is 5.13 Å². The number of aromatic nitrogens is 3. The van der Waals surface area contributed by atoms with Crippen LogP contribution in [-0.4, -0.2) is 20.7 Å². The van der Waals surface area contributed by atoms with Crippen molar-refractivity contribution in [3.63, 3.8) is 0 Å². The summed E-state index contributed by atoms with van der Waals surface area (Å²) in [5.41, 5.74) is 1.83. The fourth-order valence-corrected chi connectivity index (χ4v) is 3.68. The average molecular weight is 387 g/mol.